The van der Waals surface area contributed by atoms with Gasteiger partial charge >= 0.3 is 5.97 Å². The van der Waals surface area contributed by atoms with Crippen molar-refractivity contribution in [1.82, 2.24) is 0 Å². The van der Waals surface area contributed by atoms with Gasteiger partial charge in [0.2, 0.25) is 0 Å². The first-order valence-electron chi connectivity index (χ1n) is 4.19. The van der Waals surface area contributed by atoms with Crippen LogP contribution in [0.4, 0.5) is 4.39 Å². The Morgan fingerprint density at radius 1 is 1.50 bits per heavy atom. The lowest BCUT2D eigenvalue weighted by atomic mass is 10.0. The van der Waals surface area contributed by atoms with E-state index in [1.54, 1.807) is 6.92 Å². The summed E-state index contributed by atoms with van der Waals surface area (Å²) in [6.07, 6.45) is 0.340. The molecule has 0 unspecified atom stereocenters. The summed E-state index contributed by atoms with van der Waals surface area (Å²) < 4.78 is 13.1. The van der Waals surface area contributed by atoms with E-state index >= 15 is 0 Å². The largest absolute Gasteiger partial charge is 0.478 e. The smallest absolute Gasteiger partial charge is 0.338 e. The van der Waals surface area contributed by atoms with Gasteiger partial charge in [-0.3, -0.25) is 0 Å². The minimum absolute atomic E-state index is 0.0778. The minimum Gasteiger partial charge on any atom is -0.478 e. The number of aliphatic hydroxyl groups excluding tert-OH is 1. The van der Waals surface area contributed by atoms with E-state index in [9.17, 15) is 9.18 Å². The molecule has 0 saturated carbocycles. The van der Waals surface area contributed by atoms with Gasteiger partial charge in [-0.2, -0.15) is 0 Å². The molecule has 4 heteroatoms. The van der Waals surface area contributed by atoms with E-state index < -0.39 is 11.8 Å². The van der Waals surface area contributed by atoms with Crippen molar-refractivity contribution < 1.29 is 19.4 Å². The van der Waals surface area contributed by atoms with Crippen LogP contribution in [0.2, 0.25) is 0 Å². The van der Waals surface area contributed by atoms with Gasteiger partial charge in [0.1, 0.15) is 5.82 Å². The van der Waals surface area contributed by atoms with Crippen LogP contribution in [0.5, 0.6) is 0 Å². The van der Waals surface area contributed by atoms with E-state index in [-0.39, 0.29) is 12.2 Å². The molecule has 0 aliphatic heterocycles. The van der Waals surface area contributed by atoms with Crippen LogP contribution in [-0.4, -0.2) is 22.8 Å². The zero-order valence-corrected chi connectivity index (χ0v) is 7.75. The van der Waals surface area contributed by atoms with Gasteiger partial charge in [0.05, 0.1) is 5.56 Å². The average Bonchev–Trinajstić information content (AvgIpc) is 2.09. The fraction of sp³-hybridized carbons (Fsp3) is 0.300. The van der Waals surface area contributed by atoms with Gasteiger partial charge in [-0.25, -0.2) is 9.18 Å². The molecule has 0 radical (unpaired) electrons. The quantitative estimate of drug-likeness (QED) is 0.771. The Labute approximate surface area is 80.8 Å². The molecule has 0 spiro atoms. The van der Waals surface area contributed by atoms with Crippen LogP contribution < -0.4 is 0 Å². The summed E-state index contributed by atoms with van der Waals surface area (Å²) in [6, 6.07) is 2.44. The van der Waals surface area contributed by atoms with E-state index in [1.807, 2.05) is 0 Å². The number of carboxylic acids is 1. The molecule has 14 heavy (non-hydrogen) atoms. The highest BCUT2D eigenvalue weighted by atomic mass is 19.1. The number of carbonyl (C=O) groups is 1. The molecule has 0 bridgehead atoms. The first-order chi connectivity index (χ1) is 6.56. The number of benzene rings is 1. The van der Waals surface area contributed by atoms with E-state index in [0.717, 1.165) is 0 Å². The van der Waals surface area contributed by atoms with Crippen molar-refractivity contribution in [2.24, 2.45) is 0 Å². The van der Waals surface area contributed by atoms with Gasteiger partial charge in [0.25, 0.3) is 0 Å². The van der Waals surface area contributed by atoms with E-state index in [1.165, 1.54) is 12.1 Å². The summed E-state index contributed by atoms with van der Waals surface area (Å²) in [7, 11) is 0. The molecular formula is C10H11FO3. The standard InChI is InChI=1S/C10H11FO3/c1-6-4-9(11)8(10(13)14)5-7(6)2-3-12/h4-5,12H,2-3H2,1H3,(H,13,14). The second kappa shape index (κ2) is 4.19. The first kappa shape index (κ1) is 10.7. The summed E-state index contributed by atoms with van der Waals surface area (Å²) in [5.74, 6) is -2.03. The van der Waals surface area contributed by atoms with Crippen LogP contribution in [-0.2, 0) is 6.42 Å². The molecule has 3 nitrogen and oxygen atoms in total. The number of hydrogen-bond donors (Lipinski definition) is 2. The van der Waals surface area contributed by atoms with E-state index in [4.69, 9.17) is 10.2 Å². The molecular weight excluding hydrogens is 187 g/mol. The number of carboxylic acid groups (broad SMARTS) is 1. The van der Waals surface area contributed by atoms with Gasteiger partial charge < -0.3 is 10.2 Å². The fourth-order valence-corrected chi connectivity index (χ4v) is 1.27. The first-order valence-corrected chi connectivity index (χ1v) is 4.19. The number of aliphatic hydroxyl groups is 1. The molecule has 0 aliphatic carbocycles. The van der Waals surface area contributed by atoms with Crippen molar-refractivity contribution in [3.05, 3.63) is 34.6 Å². The van der Waals surface area contributed by atoms with Crippen molar-refractivity contribution in [1.29, 1.82) is 0 Å². The summed E-state index contributed by atoms with van der Waals surface area (Å²) in [6.45, 7) is 1.60. The number of aromatic carboxylic acids is 1. The van der Waals surface area contributed by atoms with Crippen molar-refractivity contribution >= 4 is 5.97 Å². The van der Waals surface area contributed by atoms with Gasteiger partial charge in [-0.15, -0.1) is 0 Å². The number of rotatable bonds is 3. The highest BCUT2D eigenvalue weighted by molar-refractivity contribution is 5.88. The summed E-state index contributed by atoms with van der Waals surface area (Å²) in [5.41, 5.74) is 0.965. The van der Waals surface area contributed by atoms with Gasteiger partial charge in [-0.1, -0.05) is 0 Å². The molecule has 0 atom stereocenters. The van der Waals surface area contributed by atoms with Gasteiger partial charge in [-0.05, 0) is 36.6 Å². The van der Waals surface area contributed by atoms with E-state index in [0.29, 0.717) is 17.5 Å². The highest BCUT2D eigenvalue weighted by Gasteiger charge is 2.12. The van der Waals surface area contributed by atoms with Crippen LogP contribution in [0.1, 0.15) is 21.5 Å². The Hall–Kier alpha value is -1.42. The summed E-state index contributed by atoms with van der Waals surface area (Å²) in [4.78, 5) is 10.6. The molecule has 1 aromatic rings. The maximum Gasteiger partial charge on any atom is 0.338 e. The van der Waals surface area contributed by atoms with Crippen molar-refractivity contribution in [3.63, 3.8) is 0 Å². The molecule has 0 amide bonds. The molecule has 0 fully saturated rings. The Kier molecular flexibility index (Phi) is 3.19. The third kappa shape index (κ3) is 2.09. The molecule has 76 valence electrons. The number of hydrogen-bond acceptors (Lipinski definition) is 2. The fourth-order valence-electron chi connectivity index (χ4n) is 1.27. The van der Waals surface area contributed by atoms with Crippen molar-refractivity contribution in [2.45, 2.75) is 13.3 Å². The van der Waals surface area contributed by atoms with Crippen molar-refractivity contribution in [2.75, 3.05) is 6.61 Å². The maximum absolute atomic E-state index is 13.1. The Morgan fingerprint density at radius 3 is 2.64 bits per heavy atom. The molecule has 0 aliphatic rings. The molecule has 1 aromatic carbocycles. The topological polar surface area (TPSA) is 57.5 Å². The zero-order chi connectivity index (χ0) is 10.7. The van der Waals surface area contributed by atoms with Crippen LogP contribution in [0, 0.1) is 12.7 Å². The molecule has 2 N–H and O–H groups in total. The Balaban J connectivity index is 3.20. The minimum atomic E-state index is -1.29. The van der Waals surface area contributed by atoms with Gasteiger partial charge in [0, 0.05) is 6.61 Å². The Bertz CT molecular complexity index is 361. The second-order valence-electron chi connectivity index (χ2n) is 3.04. The van der Waals surface area contributed by atoms with Crippen molar-refractivity contribution in [3.8, 4) is 0 Å². The zero-order valence-electron chi connectivity index (χ0n) is 7.75. The number of halogens is 1. The second-order valence-corrected chi connectivity index (χ2v) is 3.04. The SMILES string of the molecule is Cc1cc(F)c(C(=O)O)cc1CCO. The maximum atomic E-state index is 13.1. The summed E-state index contributed by atoms with van der Waals surface area (Å²) in [5, 5.41) is 17.3. The van der Waals surface area contributed by atoms with Crippen LogP contribution in [0.15, 0.2) is 12.1 Å². The monoisotopic (exact) mass is 198 g/mol. The van der Waals surface area contributed by atoms with E-state index in [2.05, 4.69) is 0 Å². The molecule has 1 rings (SSSR count). The number of aryl methyl sites for hydroxylation is 1. The van der Waals surface area contributed by atoms with Crippen LogP contribution >= 0.6 is 0 Å². The lowest BCUT2D eigenvalue weighted by Gasteiger charge is -2.06. The third-order valence-electron chi connectivity index (χ3n) is 2.04. The predicted molar refractivity (Wildman–Crippen MR) is 48.9 cm³/mol. The third-order valence-corrected chi connectivity index (χ3v) is 2.04. The van der Waals surface area contributed by atoms with Gasteiger partial charge in [0.15, 0.2) is 0 Å². The highest BCUT2D eigenvalue weighted by Crippen LogP contribution is 2.16. The predicted octanol–water partition coefficient (Wildman–Crippen LogP) is 1.37. The normalized spacial score (nSPS) is 10.2. The molecule has 0 aromatic heterocycles. The lowest BCUT2D eigenvalue weighted by molar-refractivity contribution is 0.0691. The summed E-state index contributed by atoms with van der Waals surface area (Å²) >= 11 is 0. The van der Waals surface area contributed by atoms with Crippen LogP contribution in [0.25, 0.3) is 0 Å². The average molecular weight is 198 g/mol. The molecule has 0 heterocycles. The molecule has 0 saturated heterocycles. The van der Waals surface area contributed by atoms with Crippen LogP contribution in [0.3, 0.4) is 0 Å². The Morgan fingerprint density at radius 2 is 2.14 bits per heavy atom. The lowest BCUT2D eigenvalue weighted by Crippen LogP contribution is -2.04.